The minimum atomic E-state index is 0. The molecule has 2 nitrogen and oxygen atoms in total. The van der Waals surface area contributed by atoms with Gasteiger partial charge in [0.05, 0.1) is 0 Å². The normalized spacial score (nSPS) is 20.8. The molecule has 1 aliphatic rings. The number of hydrogen-bond acceptors (Lipinski definition) is 2. The van der Waals surface area contributed by atoms with Gasteiger partial charge in [0.15, 0.2) is 0 Å². The van der Waals surface area contributed by atoms with Crippen molar-refractivity contribution >= 4 is 35.6 Å². The summed E-state index contributed by atoms with van der Waals surface area (Å²) in [6.07, 6.45) is 1.06. The van der Waals surface area contributed by atoms with E-state index in [2.05, 4.69) is 4.90 Å². The highest BCUT2D eigenvalue weighted by molar-refractivity contribution is 6.35. The second kappa shape index (κ2) is 6.08. The third-order valence-electron chi connectivity index (χ3n) is 2.75. The molecule has 0 aromatic heterocycles. The molecule has 1 aromatic carbocycles. The maximum Gasteiger partial charge on any atom is 0.0465 e. The summed E-state index contributed by atoms with van der Waals surface area (Å²) in [6, 6.07) is 5.91. The molecule has 2 N–H and O–H groups in total. The van der Waals surface area contributed by atoms with Crippen LogP contribution in [0.3, 0.4) is 0 Å². The van der Waals surface area contributed by atoms with E-state index in [-0.39, 0.29) is 12.4 Å². The SMILES string of the molecule is Cl.NC1CCN(Cc2c(Cl)cccc2Cl)C1. The Labute approximate surface area is 112 Å². The van der Waals surface area contributed by atoms with Gasteiger partial charge in [0.1, 0.15) is 0 Å². The second-order valence-corrected chi connectivity index (χ2v) is 4.80. The van der Waals surface area contributed by atoms with Crippen LogP contribution in [0.15, 0.2) is 18.2 Å². The van der Waals surface area contributed by atoms with Gasteiger partial charge in [0.2, 0.25) is 0 Å². The van der Waals surface area contributed by atoms with Crippen LogP contribution in [0.5, 0.6) is 0 Å². The third-order valence-corrected chi connectivity index (χ3v) is 3.46. The van der Waals surface area contributed by atoms with Crippen LogP contribution in [-0.2, 0) is 6.54 Å². The Bertz CT molecular complexity index is 337. The Balaban J connectivity index is 0.00000128. The molecule has 0 saturated carbocycles. The van der Waals surface area contributed by atoms with Gasteiger partial charge in [-0.05, 0) is 18.6 Å². The number of rotatable bonds is 2. The first-order chi connectivity index (χ1) is 7.16. The minimum absolute atomic E-state index is 0. The molecule has 90 valence electrons. The summed E-state index contributed by atoms with van der Waals surface area (Å²) in [6.45, 7) is 2.76. The fourth-order valence-corrected chi connectivity index (χ4v) is 2.43. The molecule has 1 atom stereocenters. The van der Waals surface area contributed by atoms with Crippen LogP contribution in [0.25, 0.3) is 0 Å². The van der Waals surface area contributed by atoms with Crippen molar-refractivity contribution in [3.05, 3.63) is 33.8 Å². The summed E-state index contributed by atoms with van der Waals surface area (Å²) in [7, 11) is 0. The average molecular weight is 282 g/mol. The van der Waals surface area contributed by atoms with E-state index in [1.54, 1.807) is 0 Å². The van der Waals surface area contributed by atoms with Crippen molar-refractivity contribution in [1.29, 1.82) is 0 Å². The van der Waals surface area contributed by atoms with E-state index < -0.39 is 0 Å². The number of nitrogens with two attached hydrogens (primary N) is 1. The fraction of sp³-hybridized carbons (Fsp3) is 0.455. The first-order valence-corrected chi connectivity index (χ1v) is 5.83. The molecule has 1 aromatic rings. The average Bonchev–Trinajstić information content (AvgIpc) is 2.58. The van der Waals surface area contributed by atoms with Crippen molar-refractivity contribution in [2.45, 2.75) is 19.0 Å². The number of likely N-dealkylation sites (tertiary alicyclic amines) is 1. The predicted octanol–water partition coefficient (Wildman–Crippen LogP) is 2.95. The van der Waals surface area contributed by atoms with Gasteiger partial charge in [0.25, 0.3) is 0 Å². The van der Waals surface area contributed by atoms with Gasteiger partial charge >= 0.3 is 0 Å². The summed E-state index contributed by atoms with van der Waals surface area (Å²) < 4.78 is 0. The molecule has 16 heavy (non-hydrogen) atoms. The van der Waals surface area contributed by atoms with Crippen LogP contribution >= 0.6 is 35.6 Å². The Hall–Kier alpha value is 0.01000. The van der Waals surface area contributed by atoms with Crippen LogP contribution in [0, 0.1) is 0 Å². The lowest BCUT2D eigenvalue weighted by atomic mass is 10.2. The van der Waals surface area contributed by atoms with Gasteiger partial charge in [-0.25, -0.2) is 0 Å². The van der Waals surface area contributed by atoms with Crippen molar-refractivity contribution < 1.29 is 0 Å². The molecule has 0 aliphatic carbocycles. The zero-order valence-electron chi connectivity index (χ0n) is 8.83. The molecule has 0 spiro atoms. The second-order valence-electron chi connectivity index (χ2n) is 3.98. The molecule has 0 radical (unpaired) electrons. The molecule has 1 aliphatic heterocycles. The van der Waals surface area contributed by atoms with E-state index >= 15 is 0 Å². The lowest BCUT2D eigenvalue weighted by Gasteiger charge is -2.16. The third kappa shape index (κ3) is 3.25. The molecule has 1 fully saturated rings. The molecular formula is C11H15Cl3N2. The topological polar surface area (TPSA) is 29.3 Å². The van der Waals surface area contributed by atoms with E-state index in [1.807, 2.05) is 18.2 Å². The number of benzene rings is 1. The fourth-order valence-electron chi connectivity index (χ4n) is 1.91. The van der Waals surface area contributed by atoms with Gasteiger partial charge in [0, 0.05) is 41.3 Å². The summed E-state index contributed by atoms with van der Waals surface area (Å²) in [4.78, 5) is 2.29. The quantitative estimate of drug-likeness (QED) is 0.903. The van der Waals surface area contributed by atoms with E-state index in [9.17, 15) is 0 Å². The number of hydrogen-bond donors (Lipinski definition) is 1. The van der Waals surface area contributed by atoms with E-state index in [1.165, 1.54) is 0 Å². The Morgan fingerprint density at radius 1 is 1.31 bits per heavy atom. The van der Waals surface area contributed by atoms with Gasteiger partial charge < -0.3 is 5.73 Å². The first kappa shape index (κ1) is 14.1. The van der Waals surface area contributed by atoms with E-state index in [4.69, 9.17) is 28.9 Å². The molecular weight excluding hydrogens is 266 g/mol. The first-order valence-electron chi connectivity index (χ1n) is 5.07. The zero-order chi connectivity index (χ0) is 10.8. The highest BCUT2D eigenvalue weighted by Gasteiger charge is 2.20. The summed E-state index contributed by atoms with van der Waals surface area (Å²) in [5.74, 6) is 0. The lowest BCUT2D eigenvalue weighted by Crippen LogP contribution is -2.26. The van der Waals surface area contributed by atoms with Crippen molar-refractivity contribution in [2.24, 2.45) is 5.73 Å². The number of nitrogens with zero attached hydrogens (tertiary/aromatic N) is 1. The molecule has 5 heteroatoms. The van der Waals surface area contributed by atoms with Crippen molar-refractivity contribution in [2.75, 3.05) is 13.1 Å². The minimum Gasteiger partial charge on any atom is -0.326 e. The summed E-state index contributed by atoms with van der Waals surface area (Å²) in [5, 5.41) is 1.48. The molecule has 1 saturated heterocycles. The lowest BCUT2D eigenvalue weighted by molar-refractivity contribution is 0.327. The molecule has 1 unspecified atom stereocenters. The monoisotopic (exact) mass is 280 g/mol. The summed E-state index contributed by atoms with van der Waals surface area (Å²) in [5.41, 5.74) is 6.86. The van der Waals surface area contributed by atoms with Crippen LogP contribution in [-0.4, -0.2) is 24.0 Å². The molecule has 1 heterocycles. The van der Waals surface area contributed by atoms with Gasteiger partial charge in [-0.15, -0.1) is 12.4 Å². The van der Waals surface area contributed by atoms with Gasteiger partial charge in [-0.3, -0.25) is 4.90 Å². The molecule has 0 amide bonds. The smallest absolute Gasteiger partial charge is 0.0465 e. The number of halogens is 3. The standard InChI is InChI=1S/C11H14Cl2N2.ClH/c12-10-2-1-3-11(13)9(10)7-15-5-4-8(14)6-15;/h1-3,8H,4-7,14H2;1H. The van der Waals surface area contributed by atoms with Crippen molar-refractivity contribution in [3.63, 3.8) is 0 Å². The summed E-state index contributed by atoms with van der Waals surface area (Å²) >= 11 is 12.2. The maximum atomic E-state index is 6.10. The molecule has 0 bridgehead atoms. The highest BCUT2D eigenvalue weighted by Crippen LogP contribution is 2.26. The van der Waals surface area contributed by atoms with Crippen LogP contribution in [0.2, 0.25) is 10.0 Å². The van der Waals surface area contributed by atoms with Crippen LogP contribution in [0.4, 0.5) is 0 Å². The van der Waals surface area contributed by atoms with Crippen LogP contribution < -0.4 is 5.73 Å². The van der Waals surface area contributed by atoms with Gasteiger partial charge in [-0.1, -0.05) is 29.3 Å². The molecule has 2 rings (SSSR count). The van der Waals surface area contributed by atoms with Crippen LogP contribution in [0.1, 0.15) is 12.0 Å². The van der Waals surface area contributed by atoms with E-state index in [0.717, 1.165) is 41.7 Å². The largest absolute Gasteiger partial charge is 0.326 e. The Morgan fingerprint density at radius 3 is 2.44 bits per heavy atom. The van der Waals surface area contributed by atoms with Crippen molar-refractivity contribution in [3.8, 4) is 0 Å². The Kier molecular flexibility index (Phi) is 5.35. The zero-order valence-corrected chi connectivity index (χ0v) is 11.2. The van der Waals surface area contributed by atoms with Crippen molar-refractivity contribution in [1.82, 2.24) is 4.90 Å². The maximum absolute atomic E-state index is 6.10. The van der Waals surface area contributed by atoms with E-state index in [0.29, 0.717) is 6.04 Å². The van der Waals surface area contributed by atoms with Gasteiger partial charge in [-0.2, -0.15) is 0 Å². The Morgan fingerprint density at radius 2 is 1.94 bits per heavy atom. The predicted molar refractivity (Wildman–Crippen MR) is 71.6 cm³/mol. The highest BCUT2D eigenvalue weighted by atomic mass is 35.5.